The standard InChI is InChI=1S/C19H24N2O3/c1-12(2)9-18(22)20-13-7-8-17-15(10-13)14-5-3-4-6-16(14)21(17)11-19(23)24/h3-6,12-13H,7-11H2,1-2H3,(H,20,22)(H,23,24)/t13-/m1/s1. The number of rotatable bonds is 5. The number of carboxylic acid groups (broad SMARTS) is 1. The van der Waals surface area contributed by atoms with Crippen LogP contribution in [0.5, 0.6) is 0 Å². The SMILES string of the molecule is CC(C)CC(=O)N[C@@H]1CCc2c(c3ccccc3n2CC(=O)O)C1. The third-order valence-electron chi connectivity index (χ3n) is 4.63. The van der Waals surface area contributed by atoms with Crippen molar-refractivity contribution >= 4 is 22.8 Å². The van der Waals surface area contributed by atoms with Crippen LogP contribution in [-0.4, -0.2) is 27.6 Å². The van der Waals surface area contributed by atoms with Crippen molar-refractivity contribution in [3.63, 3.8) is 0 Å². The number of aromatic nitrogens is 1. The molecule has 24 heavy (non-hydrogen) atoms. The first-order valence-corrected chi connectivity index (χ1v) is 8.55. The monoisotopic (exact) mass is 328 g/mol. The average molecular weight is 328 g/mol. The molecule has 0 bridgehead atoms. The number of hydrogen-bond acceptors (Lipinski definition) is 2. The van der Waals surface area contributed by atoms with E-state index in [1.165, 1.54) is 5.56 Å². The first kappa shape index (κ1) is 16.6. The first-order chi connectivity index (χ1) is 11.5. The zero-order valence-corrected chi connectivity index (χ0v) is 14.2. The topological polar surface area (TPSA) is 71.3 Å². The molecule has 1 aromatic heterocycles. The number of carbonyl (C=O) groups is 2. The number of carboxylic acids is 1. The summed E-state index contributed by atoms with van der Waals surface area (Å²) in [6, 6.07) is 8.07. The van der Waals surface area contributed by atoms with Gasteiger partial charge in [0, 0.05) is 29.1 Å². The van der Waals surface area contributed by atoms with Crippen molar-refractivity contribution in [2.45, 2.75) is 52.1 Å². The Kier molecular flexibility index (Phi) is 4.60. The molecule has 1 amide bonds. The molecule has 128 valence electrons. The van der Waals surface area contributed by atoms with Crippen LogP contribution in [0.25, 0.3) is 10.9 Å². The van der Waals surface area contributed by atoms with Crippen LogP contribution in [0.15, 0.2) is 24.3 Å². The number of aliphatic carboxylic acids is 1. The van der Waals surface area contributed by atoms with Crippen molar-refractivity contribution in [1.29, 1.82) is 0 Å². The molecule has 1 aliphatic carbocycles. The Morgan fingerprint density at radius 1 is 1.33 bits per heavy atom. The summed E-state index contributed by atoms with van der Waals surface area (Å²) in [6.45, 7) is 4.07. The van der Waals surface area contributed by atoms with Crippen LogP contribution in [0.3, 0.4) is 0 Å². The second-order valence-electron chi connectivity index (χ2n) is 7.03. The van der Waals surface area contributed by atoms with Crippen molar-refractivity contribution < 1.29 is 14.7 Å². The molecule has 0 saturated heterocycles. The minimum atomic E-state index is -0.828. The predicted octanol–water partition coefficient (Wildman–Crippen LogP) is 2.75. The Labute approximate surface area is 141 Å². The highest BCUT2D eigenvalue weighted by Gasteiger charge is 2.26. The van der Waals surface area contributed by atoms with E-state index in [9.17, 15) is 14.7 Å². The van der Waals surface area contributed by atoms with Gasteiger partial charge in [-0.1, -0.05) is 32.0 Å². The largest absolute Gasteiger partial charge is 0.480 e. The van der Waals surface area contributed by atoms with Crippen LogP contribution in [0.2, 0.25) is 0 Å². The number of benzene rings is 1. The lowest BCUT2D eigenvalue weighted by Crippen LogP contribution is -2.39. The van der Waals surface area contributed by atoms with Crippen LogP contribution < -0.4 is 5.32 Å². The van der Waals surface area contributed by atoms with Crippen molar-refractivity contribution in [2.75, 3.05) is 0 Å². The molecule has 1 atom stereocenters. The van der Waals surface area contributed by atoms with Crippen LogP contribution in [-0.2, 0) is 29.0 Å². The molecule has 0 unspecified atom stereocenters. The fourth-order valence-corrected chi connectivity index (χ4v) is 3.70. The normalized spacial score (nSPS) is 17.0. The minimum absolute atomic E-state index is 0.0137. The van der Waals surface area contributed by atoms with E-state index in [0.717, 1.165) is 35.9 Å². The Hall–Kier alpha value is -2.30. The maximum atomic E-state index is 12.1. The maximum Gasteiger partial charge on any atom is 0.323 e. The average Bonchev–Trinajstić information content (AvgIpc) is 2.80. The zero-order valence-electron chi connectivity index (χ0n) is 14.2. The van der Waals surface area contributed by atoms with E-state index in [-0.39, 0.29) is 18.5 Å². The number of fused-ring (bicyclic) bond motifs is 3. The van der Waals surface area contributed by atoms with Crippen LogP contribution >= 0.6 is 0 Å². The quantitative estimate of drug-likeness (QED) is 0.886. The molecule has 5 heteroatoms. The van der Waals surface area contributed by atoms with Crippen molar-refractivity contribution in [1.82, 2.24) is 9.88 Å². The number of para-hydroxylation sites is 1. The Bertz CT molecular complexity index is 776. The smallest absolute Gasteiger partial charge is 0.323 e. The van der Waals surface area contributed by atoms with Crippen LogP contribution in [0.1, 0.15) is 37.9 Å². The number of nitrogens with zero attached hydrogens (tertiary/aromatic N) is 1. The fraction of sp³-hybridized carbons (Fsp3) is 0.474. The van der Waals surface area contributed by atoms with Gasteiger partial charge in [0.1, 0.15) is 6.54 Å². The van der Waals surface area contributed by atoms with Gasteiger partial charge in [0.2, 0.25) is 5.91 Å². The maximum absolute atomic E-state index is 12.1. The first-order valence-electron chi connectivity index (χ1n) is 8.55. The molecular formula is C19H24N2O3. The lowest BCUT2D eigenvalue weighted by molar-refractivity contribution is -0.137. The highest BCUT2D eigenvalue weighted by Crippen LogP contribution is 2.32. The molecule has 1 heterocycles. The van der Waals surface area contributed by atoms with E-state index in [0.29, 0.717) is 12.3 Å². The van der Waals surface area contributed by atoms with E-state index < -0.39 is 5.97 Å². The van der Waals surface area contributed by atoms with Gasteiger partial charge in [-0.2, -0.15) is 0 Å². The molecule has 0 aliphatic heterocycles. The summed E-state index contributed by atoms with van der Waals surface area (Å²) in [5, 5.41) is 13.5. The van der Waals surface area contributed by atoms with Gasteiger partial charge in [-0.05, 0) is 36.8 Å². The van der Waals surface area contributed by atoms with Crippen LogP contribution in [0, 0.1) is 5.92 Å². The summed E-state index contributed by atoms with van der Waals surface area (Å²) in [6.07, 6.45) is 2.97. The number of carbonyl (C=O) groups excluding carboxylic acids is 1. The highest BCUT2D eigenvalue weighted by molar-refractivity contribution is 5.87. The predicted molar refractivity (Wildman–Crippen MR) is 93.0 cm³/mol. The molecule has 0 fully saturated rings. The second-order valence-corrected chi connectivity index (χ2v) is 7.03. The third-order valence-corrected chi connectivity index (χ3v) is 4.63. The summed E-state index contributed by atoms with van der Waals surface area (Å²) < 4.78 is 1.92. The lowest BCUT2D eigenvalue weighted by Gasteiger charge is -2.25. The van der Waals surface area contributed by atoms with Gasteiger partial charge < -0.3 is 15.0 Å². The van der Waals surface area contributed by atoms with Crippen molar-refractivity contribution in [3.05, 3.63) is 35.5 Å². The van der Waals surface area contributed by atoms with Crippen molar-refractivity contribution in [3.8, 4) is 0 Å². The lowest BCUT2D eigenvalue weighted by atomic mass is 9.91. The van der Waals surface area contributed by atoms with E-state index in [1.807, 2.05) is 42.7 Å². The second kappa shape index (κ2) is 6.67. The van der Waals surface area contributed by atoms with E-state index in [4.69, 9.17) is 0 Å². The molecule has 2 aromatic rings. The summed E-state index contributed by atoms with van der Waals surface area (Å²) in [4.78, 5) is 23.3. The van der Waals surface area contributed by atoms with Crippen molar-refractivity contribution in [2.24, 2.45) is 5.92 Å². The van der Waals surface area contributed by atoms with Gasteiger partial charge in [-0.15, -0.1) is 0 Å². The number of amides is 1. The molecule has 0 saturated carbocycles. The van der Waals surface area contributed by atoms with Gasteiger partial charge in [0.25, 0.3) is 0 Å². The van der Waals surface area contributed by atoms with Gasteiger partial charge in [0.05, 0.1) is 0 Å². The van der Waals surface area contributed by atoms with E-state index in [2.05, 4.69) is 5.32 Å². The Balaban J connectivity index is 1.88. The summed E-state index contributed by atoms with van der Waals surface area (Å²) >= 11 is 0. The van der Waals surface area contributed by atoms with Crippen LogP contribution in [0.4, 0.5) is 0 Å². The molecule has 5 nitrogen and oxygen atoms in total. The molecule has 1 aliphatic rings. The molecule has 1 aromatic carbocycles. The van der Waals surface area contributed by atoms with Gasteiger partial charge in [-0.25, -0.2) is 0 Å². The Morgan fingerprint density at radius 2 is 2.08 bits per heavy atom. The molecule has 2 N–H and O–H groups in total. The Morgan fingerprint density at radius 3 is 2.79 bits per heavy atom. The van der Waals surface area contributed by atoms with Gasteiger partial charge in [0.15, 0.2) is 0 Å². The zero-order chi connectivity index (χ0) is 17.3. The van der Waals surface area contributed by atoms with Gasteiger partial charge in [-0.3, -0.25) is 9.59 Å². The summed E-state index contributed by atoms with van der Waals surface area (Å²) in [5.74, 6) is -0.375. The molecule has 0 spiro atoms. The van der Waals surface area contributed by atoms with Gasteiger partial charge >= 0.3 is 5.97 Å². The molecule has 3 rings (SSSR count). The van der Waals surface area contributed by atoms with E-state index >= 15 is 0 Å². The summed E-state index contributed by atoms with van der Waals surface area (Å²) in [7, 11) is 0. The summed E-state index contributed by atoms with van der Waals surface area (Å²) in [5.41, 5.74) is 3.26. The third kappa shape index (κ3) is 3.30. The number of hydrogen-bond donors (Lipinski definition) is 2. The highest BCUT2D eigenvalue weighted by atomic mass is 16.4. The minimum Gasteiger partial charge on any atom is -0.480 e. The number of nitrogens with one attached hydrogen (secondary N) is 1. The fourth-order valence-electron chi connectivity index (χ4n) is 3.70. The molecular weight excluding hydrogens is 304 g/mol. The molecule has 0 radical (unpaired) electrons. The van der Waals surface area contributed by atoms with E-state index in [1.54, 1.807) is 0 Å².